The minimum Gasteiger partial charge on any atom is -0.496 e. The molecule has 24 heavy (non-hydrogen) atoms. The molecule has 124 valence electrons. The summed E-state index contributed by atoms with van der Waals surface area (Å²) in [6.07, 6.45) is 5.29. The molecule has 2 aromatic heterocycles. The number of hydrogen-bond acceptors (Lipinski definition) is 4. The summed E-state index contributed by atoms with van der Waals surface area (Å²) in [6, 6.07) is 9.26. The van der Waals surface area contributed by atoms with Crippen molar-refractivity contribution in [1.29, 1.82) is 0 Å². The number of fused-ring (bicyclic) bond motifs is 1. The lowest BCUT2D eigenvalue weighted by Gasteiger charge is -2.09. The number of methoxy groups -OCH3 is 1. The van der Waals surface area contributed by atoms with Gasteiger partial charge in [-0.3, -0.25) is 9.36 Å². The second kappa shape index (κ2) is 7.12. The van der Waals surface area contributed by atoms with Crippen LogP contribution in [0.25, 0.3) is 16.9 Å². The topological polar surface area (TPSA) is 69.0 Å². The summed E-state index contributed by atoms with van der Waals surface area (Å²) in [4.78, 5) is 21.2. The smallest absolute Gasteiger partial charge is 0.268 e. The van der Waals surface area contributed by atoms with Crippen molar-refractivity contribution in [1.82, 2.24) is 19.9 Å². The average Bonchev–Trinajstić information content (AvgIpc) is 3.02. The molecule has 0 saturated carbocycles. The van der Waals surface area contributed by atoms with Gasteiger partial charge in [-0.1, -0.05) is 19.4 Å². The lowest BCUT2D eigenvalue weighted by molar-refractivity contribution is 0.0946. The molecular formula is C18H20N4O2. The van der Waals surface area contributed by atoms with Crippen LogP contribution in [0.2, 0.25) is 0 Å². The summed E-state index contributed by atoms with van der Waals surface area (Å²) < 4.78 is 7.19. The third-order valence-corrected chi connectivity index (χ3v) is 3.83. The van der Waals surface area contributed by atoms with E-state index in [1.54, 1.807) is 30.1 Å². The quantitative estimate of drug-likeness (QED) is 0.708. The fourth-order valence-corrected chi connectivity index (χ4v) is 2.64. The van der Waals surface area contributed by atoms with Crippen LogP contribution in [0.15, 0.2) is 42.7 Å². The average molecular weight is 324 g/mol. The first kappa shape index (κ1) is 16.0. The molecule has 0 unspecified atom stereocenters. The molecule has 0 radical (unpaired) electrons. The van der Waals surface area contributed by atoms with E-state index in [1.807, 2.05) is 24.3 Å². The Morgan fingerprint density at radius 1 is 1.25 bits per heavy atom. The van der Waals surface area contributed by atoms with Crippen molar-refractivity contribution in [3.8, 4) is 11.7 Å². The molecule has 1 amide bonds. The normalized spacial score (nSPS) is 10.8. The summed E-state index contributed by atoms with van der Waals surface area (Å²) >= 11 is 0. The van der Waals surface area contributed by atoms with E-state index in [1.165, 1.54) is 0 Å². The monoisotopic (exact) mass is 324 g/mol. The first-order valence-corrected chi connectivity index (χ1v) is 8.00. The van der Waals surface area contributed by atoms with Crippen molar-refractivity contribution in [2.45, 2.75) is 19.8 Å². The molecule has 0 bridgehead atoms. The molecule has 0 aliphatic carbocycles. The van der Waals surface area contributed by atoms with Gasteiger partial charge in [0.25, 0.3) is 5.91 Å². The summed E-state index contributed by atoms with van der Waals surface area (Å²) in [7, 11) is 1.62. The predicted octanol–water partition coefficient (Wildman–Crippen LogP) is 2.96. The highest BCUT2D eigenvalue weighted by molar-refractivity contribution is 6.01. The number of rotatable bonds is 6. The van der Waals surface area contributed by atoms with Gasteiger partial charge in [0.05, 0.1) is 12.6 Å². The van der Waals surface area contributed by atoms with Gasteiger partial charge in [-0.25, -0.2) is 9.97 Å². The molecule has 2 heterocycles. The SMILES string of the molecule is CCCCNC(=O)c1cc2c(OC)cccc2n1-c1ncccn1. The summed E-state index contributed by atoms with van der Waals surface area (Å²) in [5, 5.41) is 3.81. The zero-order valence-corrected chi connectivity index (χ0v) is 13.8. The van der Waals surface area contributed by atoms with E-state index < -0.39 is 0 Å². The van der Waals surface area contributed by atoms with Crippen LogP contribution in [-0.4, -0.2) is 34.1 Å². The van der Waals surface area contributed by atoms with Gasteiger partial charge in [0, 0.05) is 24.3 Å². The van der Waals surface area contributed by atoms with E-state index >= 15 is 0 Å². The Morgan fingerprint density at radius 2 is 2.04 bits per heavy atom. The Morgan fingerprint density at radius 3 is 2.75 bits per heavy atom. The minimum absolute atomic E-state index is 0.144. The van der Waals surface area contributed by atoms with E-state index in [9.17, 15) is 4.79 Å². The highest BCUT2D eigenvalue weighted by atomic mass is 16.5. The van der Waals surface area contributed by atoms with Crippen molar-refractivity contribution in [3.05, 3.63) is 48.4 Å². The van der Waals surface area contributed by atoms with Gasteiger partial charge in [-0.05, 0) is 30.7 Å². The number of benzene rings is 1. The second-order valence-electron chi connectivity index (χ2n) is 5.42. The molecule has 0 spiro atoms. The minimum atomic E-state index is -0.144. The van der Waals surface area contributed by atoms with E-state index in [0.29, 0.717) is 23.9 Å². The van der Waals surface area contributed by atoms with E-state index in [0.717, 1.165) is 23.7 Å². The van der Waals surface area contributed by atoms with Gasteiger partial charge in [-0.15, -0.1) is 0 Å². The Hall–Kier alpha value is -2.89. The zero-order chi connectivity index (χ0) is 16.9. The molecule has 0 fully saturated rings. The Bertz CT molecular complexity index is 843. The van der Waals surface area contributed by atoms with Crippen LogP contribution >= 0.6 is 0 Å². The fraction of sp³-hybridized carbons (Fsp3) is 0.278. The maximum Gasteiger partial charge on any atom is 0.268 e. The molecule has 1 N–H and O–H groups in total. The first-order chi connectivity index (χ1) is 11.8. The van der Waals surface area contributed by atoms with Crippen LogP contribution in [-0.2, 0) is 0 Å². The molecular weight excluding hydrogens is 304 g/mol. The number of unbranched alkanes of at least 4 members (excludes halogenated alkanes) is 1. The molecule has 3 rings (SSSR count). The largest absolute Gasteiger partial charge is 0.496 e. The van der Waals surface area contributed by atoms with Crippen molar-refractivity contribution >= 4 is 16.8 Å². The molecule has 0 aliphatic heterocycles. The molecule has 1 aromatic carbocycles. The number of nitrogens with one attached hydrogen (secondary N) is 1. The van der Waals surface area contributed by atoms with Crippen LogP contribution in [0.4, 0.5) is 0 Å². The Kier molecular flexibility index (Phi) is 4.74. The number of carbonyl (C=O) groups excluding carboxylic acids is 1. The van der Waals surface area contributed by atoms with Gasteiger partial charge >= 0.3 is 0 Å². The summed E-state index contributed by atoms with van der Waals surface area (Å²) in [6.45, 7) is 2.73. The van der Waals surface area contributed by atoms with Crippen molar-refractivity contribution < 1.29 is 9.53 Å². The van der Waals surface area contributed by atoms with Crippen molar-refractivity contribution in [3.63, 3.8) is 0 Å². The predicted molar refractivity (Wildman–Crippen MR) is 92.7 cm³/mol. The lowest BCUT2D eigenvalue weighted by Crippen LogP contribution is -2.26. The van der Waals surface area contributed by atoms with Crippen LogP contribution in [0.5, 0.6) is 5.75 Å². The number of carbonyl (C=O) groups is 1. The molecule has 0 aliphatic rings. The highest BCUT2D eigenvalue weighted by Gasteiger charge is 2.19. The maximum atomic E-state index is 12.7. The Balaban J connectivity index is 2.14. The number of amides is 1. The molecule has 0 atom stereocenters. The van der Waals surface area contributed by atoms with Crippen molar-refractivity contribution in [2.24, 2.45) is 0 Å². The summed E-state index contributed by atoms with van der Waals surface area (Å²) in [5.74, 6) is 1.03. The first-order valence-electron chi connectivity index (χ1n) is 8.00. The van der Waals surface area contributed by atoms with Crippen LogP contribution in [0, 0.1) is 0 Å². The molecule has 6 heteroatoms. The van der Waals surface area contributed by atoms with E-state index in [4.69, 9.17) is 4.74 Å². The number of nitrogens with zero attached hydrogens (tertiary/aromatic N) is 3. The third-order valence-electron chi connectivity index (χ3n) is 3.83. The third kappa shape index (κ3) is 2.95. The maximum absolute atomic E-state index is 12.7. The molecule has 0 saturated heterocycles. The van der Waals surface area contributed by atoms with Crippen LogP contribution < -0.4 is 10.1 Å². The van der Waals surface area contributed by atoms with Gasteiger partial charge in [0.1, 0.15) is 11.4 Å². The zero-order valence-electron chi connectivity index (χ0n) is 13.8. The van der Waals surface area contributed by atoms with Gasteiger partial charge in [0.2, 0.25) is 5.95 Å². The Labute approximate surface area is 140 Å². The number of aromatic nitrogens is 3. The van der Waals surface area contributed by atoms with Crippen molar-refractivity contribution in [2.75, 3.05) is 13.7 Å². The summed E-state index contributed by atoms with van der Waals surface area (Å²) in [5.41, 5.74) is 1.33. The fourth-order valence-electron chi connectivity index (χ4n) is 2.64. The highest BCUT2D eigenvalue weighted by Crippen LogP contribution is 2.30. The van der Waals surface area contributed by atoms with Crippen LogP contribution in [0.3, 0.4) is 0 Å². The lowest BCUT2D eigenvalue weighted by atomic mass is 10.2. The second-order valence-corrected chi connectivity index (χ2v) is 5.42. The van der Waals surface area contributed by atoms with Gasteiger partial charge in [-0.2, -0.15) is 0 Å². The van der Waals surface area contributed by atoms with Gasteiger partial charge < -0.3 is 10.1 Å². The van der Waals surface area contributed by atoms with E-state index in [2.05, 4.69) is 22.2 Å². The standard InChI is InChI=1S/C18H20N4O2/c1-3-4-9-19-17(23)15-12-13-14(7-5-8-16(13)24-2)22(15)18-20-10-6-11-21-18/h5-8,10-12H,3-4,9H2,1-2H3,(H,19,23). The number of ether oxygens (including phenoxy) is 1. The van der Waals surface area contributed by atoms with E-state index in [-0.39, 0.29) is 5.91 Å². The number of hydrogen-bond donors (Lipinski definition) is 1. The molecule has 6 nitrogen and oxygen atoms in total. The van der Waals surface area contributed by atoms with Gasteiger partial charge in [0.15, 0.2) is 0 Å². The van der Waals surface area contributed by atoms with Crippen LogP contribution in [0.1, 0.15) is 30.3 Å². The molecule has 3 aromatic rings.